The molecule has 33 valence electrons. The first-order valence-electron chi connectivity index (χ1n) is 1.21. The van der Waals surface area contributed by atoms with Gasteiger partial charge in [0.25, 0.3) is 0 Å². The second kappa shape index (κ2) is 2.87. The summed E-state index contributed by atoms with van der Waals surface area (Å²) in [6, 6.07) is 0. The van der Waals surface area contributed by atoms with Crippen molar-refractivity contribution >= 4 is 27.2 Å². The Morgan fingerprint density at radius 1 is 2.00 bits per heavy atom. The van der Waals surface area contributed by atoms with Crippen LogP contribution in [0.25, 0.3) is 0 Å². The van der Waals surface area contributed by atoms with Crippen LogP contribution in [0.5, 0.6) is 0 Å². The molecule has 0 aromatic rings. The summed E-state index contributed by atoms with van der Waals surface area (Å²) in [6.07, 6.45) is 0.381. The van der Waals surface area contributed by atoms with E-state index in [4.69, 9.17) is 5.73 Å². The summed E-state index contributed by atoms with van der Waals surface area (Å²) in [7, 11) is 0. The second-order valence-corrected chi connectivity index (χ2v) is 1.45. The number of nitrogens with two attached hydrogens (primary N) is 1. The Morgan fingerprint density at radius 3 is 2.50 bits per heavy atom. The molecule has 0 aliphatic carbocycles. The number of nitrogens with zero attached hydrogens (tertiary/aromatic N) is 1. The van der Waals surface area contributed by atoms with E-state index in [0.29, 0.717) is 6.41 Å². The fraction of sp³-hybridized carbons (Fsp3) is 0. The molecular formula is C2H3N2OSe. The molecule has 0 aromatic carbocycles. The Labute approximate surface area is 43.4 Å². The molecule has 0 saturated heterocycles. The van der Waals surface area contributed by atoms with E-state index >= 15 is 0 Å². The average Bonchev–Trinajstić information content (AvgIpc) is 1.35. The summed E-state index contributed by atoms with van der Waals surface area (Å²) in [5.41, 5.74) is 4.87. The van der Waals surface area contributed by atoms with E-state index in [1.165, 1.54) is 0 Å². The molecule has 0 bridgehead atoms. The van der Waals surface area contributed by atoms with Crippen LogP contribution >= 0.6 is 0 Å². The molecule has 1 amide bonds. The molecule has 0 aromatic heterocycles. The van der Waals surface area contributed by atoms with Crippen molar-refractivity contribution < 1.29 is 4.79 Å². The van der Waals surface area contributed by atoms with Crippen LogP contribution in [-0.4, -0.2) is 27.2 Å². The Bertz CT molecular complexity index is 75.6. The first kappa shape index (κ1) is 5.66. The van der Waals surface area contributed by atoms with Gasteiger partial charge in [-0.3, -0.25) is 0 Å². The molecule has 0 saturated carbocycles. The van der Waals surface area contributed by atoms with Gasteiger partial charge in [-0.2, -0.15) is 0 Å². The van der Waals surface area contributed by atoms with Crippen molar-refractivity contribution in [3.63, 3.8) is 0 Å². The number of carbonyl (C=O) groups excluding carboxylic acids is 1. The van der Waals surface area contributed by atoms with Crippen LogP contribution in [-0.2, 0) is 4.79 Å². The van der Waals surface area contributed by atoms with Crippen molar-refractivity contribution in [3.8, 4) is 0 Å². The monoisotopic (exact) mass is 151 g/mol. The molecule has 0 aliphatic rings. The van der Waals surface area contributed by atoms with Crippen molar-refractivity contribution in [1.29, 1.82) is 0 Å². The number of hydrogen-bond donors (Lipinski definition) is 1. The molecule has 0 spiro atoms. The molecule has 2 N–H and O–H groups in total. The third-order valence-electron chi connectivity index (χ3n) is 0.180. The summed E-state index contributed by atoms with van der Waals surface area (Å²) in [5.74, 6) is 0. The van der Waals surface area contributed by atoms with E-state index in [1.807, 2.05) is 0 Å². The van der Waals surface area contributed by atoms with Crippen LogP contribution in [0.4, 0.5) is 0 Å². The van der Waals surface area contributed by atoms with E-state index in [-0.39, 0.29) is 4.73 Å². The predicted octanol–water partition coefficient (Wildman–Crippen LogP) is -1.37. The predicted molar refractivity (Wildman–Crippen MR) is 23.4 cm³/mol. The maximum atomic E-state index is 9.33. The average molecular weight is 150 g/mol. The normalized spacial score (nSPS) is 11.0. The Hall–Kier alpha value is -0.341. The van der Waals surface area contributed by atoms with Gasteiger partial charge in [0.05, 0.1) is 0 Å². The van der Waals surface area contributed by atoms with Crippen molar-refractivity contribution in [2.45, 2.75) is 0 Å². The molecule has 0 aliphatic heterocycles. The van der Waals surface area contributed by atoms with Gasteiger partial charge in [0, 0.05) is 0 Å². The van der Waals surface area contributed by atoms with Crippen LogP contribution in [0.3, 0.4) is 0 Å². The number of amidine groups is 1. The van der Waals surface area contributed by atoms with Crippen LogP contribution in [0.2, 0.25) is 0 Å². The summed E-state index contributed by atoms with van der Waals surface area (Å²) in [6.45, 7) is 0. The number of rotatable bonds is 1. The minimum absolute atomic E-state index is 0.171. The van der Waals surface area contributed by atoms with Crippen LogP contribution in [0.15, 0.2) is 4.99 Å². The Morgan fingerprint density at radius 2 is 2.50 bits per heavy atom. The number of amides is 1. The van der Waals surface area contributed by atoms with Crippen molar-refractivity contribution in [2.24, 2.45) is 10.7 Å². The van der Waals surface area contributed by atoms with E-state index in [0.717, 1.165) is 0 Å². The molecule has 0 unspecified atom stereocenters. The summed E-state index contributed by atoms with van der Waals surface area (Å²) in [5, 5.41) is 0. The molecule has 0 atom stereocenters. The first-order valence-corrected chi connectivity index (χ1v) is 2.07. The fourth-order valence-electron chi connectivity index (χ4n) is 0.0519. The van der Waals surface area contributed by atoms with Crippen LogP contribution < -0.4 is 5.73 Å². The number of aliphatic imine (C=N–C) groups is 1. The van der Waals surface area contributed by atoms with Crippen LogP contribution in [0.1, 0.15) is 0 Å². The quantitative estimate of drug-likeness (QED) is 0.217. The zero-order valence-corrected chi connectivity index (χ0v) is 4.63. The fourth-order valence-corrected chi connectivity index (χ4v) is 0.142. The van der Waals surface area contributed by atoms with Gasteiger partial charge >= 0.3 is 42.7 Å². The standard InChI is InChI=1S/C2H3N2OSe/c3-2(6)4-1-5/h1H,(H2,3,4,5). The zero-order chi connectivity index (χ0) is 4.99. The van der Waals surface area contributed by atoms with E-state index in [9.17, 15) is 4.79 Å². The molecule has 6 heavy (non-hydrogen) atoms. The first-order chi connectivity index (χ1) is 2.77. The van der Waals surface area contributed by atoms with Gasteiger partial charge < -0.3 is 0 Å². The topological polar surface area (TPSA) is 55.4 Å². The third kappa shape index (κ3) is 3.66. The van der Waals surface area contributed by atoms with Crippen molar-refractivity contribution in [1.82, 2.24) is 0 Å². The van der Waals surface area contributed by atoms with E-state index in [2.05, 4.69) is 21.0 Å². The van der Waals surface area contributed by atoms with Gasteiger partial charge in [0.1, 0.15) is 0 Å². The Balaban J connectivity index is 3.41. The molecule has 1 radical (unpaired) electrons. The van der Waals surface area contributed by atoms with Gasteiger partial charge in [-0.15, -0.1) is 0 Å². The molecule has 0 fully saturated rings. The van der Waals surface area contributed by atoms with Crippen molar-refractivity contribution in [2.75, 3.05) is 0 Å². The zero-order valence-electron chi connectivity index (χ0n) is 2.92. The molecule has 4 heteroatoms. The van der Waals surface area contributed by atoms with Gasteiger partial charge in [-0.25, -0.2) is 0 Å². The van der Waals surface area contributed by atoms with Gasteiger partial charge in [0.2, 0.25) is 0 Å². The third-order valence-corrected chi connectivity index (χ3v) is 0.401. The Kier molecular flexibility index (Phi) is 2.71. The summed E-state index contributed by atoms with van der Waals surface area (Å²) in [4.78, 5) is 12.4. The minimum atomic E-state index is 0.171. The van der Waals surface area contributed by atoms with Gasteiger partial charge in [-0.05, 0) is 0 Å². The molecule has 3 nitrogen and oxygen atoms in total. The summed E-state index contributed by atoms with van der Waals surface area (Å²) >= 11 is 2.34. The SMILES string of the molecule is NC([Se])=NC=O. The molecule has 0 heterocycles. The van der Waals surface area contributed by atoms with E-state index < -0.39 is 0 Å². The molecular weight excluding hydrogens is 147 g/mol. The van der Waals surface area contributed by atoms with Crippen molar-refractivity contribution in [3.05, 3.63) is 0 Å². The second-order valence-electron chi connectivity index (χ2n) is 0.573. The summed E-state index contributed by atoms with van der Waals surface area (Å²) < 4.78 is 0.171. The number of hydrogen-bond acceptors (Lipinski definition) is 1. The van der Waals surface area contributed by atoms with Crippen LogP contribution in [0, 0.1) is 0 Å². The molecule has 0 rings (SSSR count). The van der Waals surface area contributed by atoms with Gasteiger partial charge in [0.15, 0.2) is 0 Å². The maximum absolute atomic E-state index is 9.33. The van der Waals surface area contributed by atoms with E-state index in [1.54, 1.807) is 0 Å². The van der Waals surface area contributed by atoms with Gasteiger partial charge in [-0.1, -0.05) is 0 Å². The number of carbonyl (C=O) groups is 1.